The van der Waals surface area contributed by atoms with E-state index >= 15 is 0 Å². The van der Waals surface area contributed by atoms with Gasteiger partial charge in [-0.15, -0.1) is 0 Å². The van der Waals surface area contributed by atoms with Crippen LogP contribution >= 0.6 is 0 Å². The fourth-order valence-corrected chi connectivity index (χ4v) is 5.04. The second kappa shape index (κ2) is 9.07. The molecule has 0 bridgehead atoms. The molecule has 7 heteroatoms. The highest BCUT2D eigenvalue weighted by atomic mass is 16.5. The molecule has 1 N–H and O–H groups in total. The molecule has 1 aliphatic heterocycles. The van der Waals surface area contributed by atoms with Gasteiger partial charge in [0.25, 0.3) is 5.91 Å². The van der Waals surface area contributed by atoms with Crippen molar-refractivity contribution in [2.75, 3.05) is 19.8 Å². The topological polar surface area (TPSA) is 76.7 Å². The van der Waals surface area contributed by atoms with E-state index in [4.69, 9.17) is 9.15 Å². The first-order valence-electron chi connectivity index (χ1n) is 11.7. The molecule has 0 aromatic carbocycles. The maximum absolute atomic E-state index is 13.6. The van der Waals surface area contributed by atoms with E-state index in [2.05, 4.69) is 5.32 Å². The summed E-state index contributed by atoms with van der Waals surface area (Å²) in [6.45, 7) is 7.88. The number of carbonyl (C=O) groups is 2. The molecule has 0 saturated heterocycles. The smallest absolute Gasteiger partial charge is 0.271 e. The number of nitrogens with zero attached hydrogens (tertiary/aromatic N) is 2. The fraction of sp³-hybridized carbons (Fsp3) is 0.667. The zero-order valence-corrected chi connectivity index (χ0v) is 19.0. The van der Waals surface area contributed by atoms with Gasteiger partial charge in [-0.3, -0.25) is 9.59 Å². The number of ether oxygens (including phenoxy) is 1. The van der Waals surface area contributed by atoms with Gasteiger partial charge in [0.2, 0.25) is 5.91 Å². The van der Waals surface area contributed by atoms with Crippen LogP contribution in [-0.2, 0) is 16.1 Å². The molecule has 2 aliphatic rings. The lowest BCUT2D eigenvalue weighted by Crippen LogP contribution is -2.65. The SMILES string of the molecule is CCOCCCN1C(=O)c2cc3oc(C)cc3n2C[C@]1(C)C(=O)NC1CCCCCC1. The zero-order chi connectivity index (χ0) is 22.0. The summed E-state index contributed by atoms with van der Waals surface area (Å²) in [5.41, 5.74) is 1.21. The zero-order valence-electron chi connectivity index (χ0n) is 19.0. The minimum absolute atomic E-state index is 0.0584. The van der Waals surface area contributed by atoms with Crippen LogP contribution in [0.1, 0.15) is 75.0 Å². The van der Waals surface area contributed by atoms with Crippen LogP contribution < -0.4 is 5.32 Å². The highest BCUT2D eigenvalue weighted by Gasteiger charge is 2.48. The molecule has 1 fully saturated rings. The summed E-state index contributed by atoms with van der Waals surface area (Å²) in [6.07, 6.45) is 7.49. The third kappa shape index (κ3) is 4.25. The molecule has 2 aromatic heterocycles. The lowest BCUT2D eigenvalue weighted by Gasteiger charge is -2.44. The quantitative estimate of drug-likeness (QED) is 0.533. The van der Waals surface area contributed by atoms with Crippen molar-refractivity contribution in [2.45, 2.75) is 83.8 Å². The average molecular weight is 430 g/mol. The van der Waals surface area contributed by atoms with Crippen molar-refractivity contribution >= 4 is 22.9 Å². The lowest BCUT2D eigenvalue weighted by atomic mass is 9.93. The van der Waals surface area contributed by atoms with Gasteiger partial charge in [-0.25, -0.2) is 0 Å². The van der Waals surface area contributed by atoms with E-state index in [0.29, 0.717) is 44.0 Å². The Hall–Kier alpha value is -2.28. The van der Waals surface area contributed by atoms with E-state index in [1.807, 2.05) is 37.5 Å². The number of nitrogens with one attached hydrogen (secondary N) is 1. The minimum atomic E-state index is -0.959. The van der Waals surface area contributed by atoms with Gasteiger partial charge in [0.1, 0.15) is 17.0 Å². The molecule has 1 atom stereocenters. The Morgan fingerprint density at radius 1 is 1.26 bits per heavy atom. The Morgan fingerprint density at radius 3 is 2.71 bits per heavy atom. The second-order valence-electron chi connectivity index (χ2n) is 9.17. The summed E-state index contributed by atoms with van der Waals surface area (Å²) in [6, 6.07) is 3.94. The molecule has 0 spiro atoms. The standard InChI is InChI=1S/C24H35N3O4/c1-4-30-13-9-12-27-22(28)20-15-21-19(14-17(2)31-21)26(20)16-24(27,3)23(29)25-18-10-7-5-6-8-11-18/h14-15,18H,4-13,16H2,1-3H3,(H,25,29)/t24-/m1/s1. The van der Waals surface area contributed by atoms with Crippen molar-refractivity contribution in [1.82, 2.24) is 14.8 Å². The third-order valence-corrected chi connectivity index (χ3v) is 6.79. The van der Waals surface area contributed by atoms with E-state index in [1.54, 1.807) is 4.90 Å². The Bertz CT molecular complexity index is 938. The normalized spacial score (nSPS) is 22.5. The molecule has 2 amide bonds. The number of fused-ring (bicyclic) bond motifs is 3. The van der Waals surface area contributed by atoms with Gasteiger partial charge < -0.3 is 23.9 Å². The summed E-state index contributed by atoms with van der Waals surface area (Å²) in [4.78, 5) is 28.9. The van der Waals surface area contributed by atoms with Crippen LogP contribution in [0.4, 0.5) is 0 Å². The summed E-state index contributed by atoms with van der Waals surface area (Å²) in [5.74, 6) is 0.624. The summed E-state index contributed by atoms with van der Waals surface area (Å²) in [5, 5.41) is 3.30. The highest BCUT2D eigenvalue weighted by Crippen LogP contribution is 2.34. The molecule has 2 aromatic rings. The Morgan fingerprint density at radius 2 is 2.00 bits per heavy atom. The number of carbonyl (C=O) groups excluding carboxylic acids is 2. The molecule has 31 heavy (non-hydrogen) atoms. The molecule has 1 aliphatic carbocycles. The summed E-state index contributed by atoms with van der Waals surface area (Å²) >= 11 is 0. The van der Waals surface area contributed by atoms with Crippen LogP contribution in [0, 0.1) is 6.92 Å². The molecule has 0 radical (unpaired) electrons. The van der Waals surface area contributed by atoms with E-state index < -0.39 is 5.54 Å². The number of rotatable bonds is 7. The van der Waals surface area contributed by atoms with E-state index in [1.165, 1.54) is 12.8 Å². The number of amides is 2. The van der Waals surface area contributed by atoms with Crippen LogP contribution in [0.2, 0.25) is 0 Å². The van der Waals surface area contributed by atoms with Crippen molar-refractivity contribution in [2.24, 2.45) is 0 Å². The number of furan rings is 1. The van der Waals surface area contributed by atoms with Crippen molar-refractivity contribution < 1.29 is 18.7 Å². The van der Waals surface area contributed by atoms with Crippen LogP contribution in [0.25, 0.3) is 11.1 Å². The first-order chi connectivity index (χ1) is 14.9. The maximum atomic E-state index is 13.6. The minimum Gasteiger partial charge on any atom is -0.460 e. The number of aromatic nitrogens is 1. The highest BCUT2D eigenvalue weighted by molar-refractivity contribution is 6.03. The first-order valence-corrected chi connectivity index (χ1v) is 11.7. The largest absolute Gasteiger partial charge is 0.460 e. The predicted octanol–water partition coefficient (Wildman–Crippen LogP) is 4.02. The molecule has 4 rings (SSSR count). The van der Waals surface area contributed by atoms with Crippen molar-refractivity contribution in [1.29, 1.82) is 0 Å². The third-order valence-electron chi connectivity index (χ3n) is 6.79. The van der Waals surface area contributed by atoms with Gasteiger partial charge in [0, 0.05) is 37.9 Å². The molecule has 170 valence electrons. The van der Waals surface area contributed by atoms with E-state index in [0.717, 1.165) is 37.0 Å². The van der Waals surface area contributed by atoms with Crippen molar-refractivity contribution in [3.63, 3.8) is 0 Å². The Labute approximate surface area is 184 Å². The Balaban J connectivity index is 1.63. The Kier molecular flexibility index (Phi) is 6.42. The van der Waals surface area contributed by atoms with E-state index in [9.17, 15) is 9.59 Å². The van der Waals surface area contributed by atoms with Gasteiger partial charge in [0.15, 0.2) is 5.58 Å². The van der Waals surface area contributed by atoms with Gasteiger partial charge in [-0.05, 0) is 40.0 Å². The second-order valence-corrected chi connectivity index (χ2v) is 9.17. The van der Waals surface area contributed by atoms with Gasteiger partial charge >= 0.3 is 0 Å². The first kappa shape index (κ1) is 21.9. The molecule has 0 unspecified atom stereocenters. The van der Waals surface area contributed by atoms with Crippen molar-refractivity contribution in [3.05, 3.63) is 23.6 Å². The number of hydrogen-bond acceptors (Lipinski definition) is 4. The molecular formula is C24H35N3O4. The average Bonchev–Trinajstić information content (AvgIpc) is 3.13. The van der Waals surface area contributed by atoms with Gasteiger partial charge in [-0.1, -0.05) is 25.7 Å². The van der Waals surface area contributed by atoms with E-state index in [-0.39, 0.29) is 17.9 Å². The van der Waals surface area contributed by atoms with Crippen LogP contribution in [0.5, 0.6) is 0 Å². The molecule has 1 saturated carbocycles. The number of aryl methyl sites for hydroxylation is 1. The maximum Gasteiger partial charge on any atom is 0.271 e. The molecule has 3 heterocycles. The lowest BCUT2D eigenvalue weighted by molar-refractivity contribution is -0.133. The van der Waals surface area contributed by atoms with Gasteiger partial charge in [0.05, 0.1) is 12.1 Å². The van der Waals surface area contributed by atoms with Crippen LogP contribution in [0.15, 0.2) is 16.5 Å². The fourth-order valence-electron chi connectivity index (χ4n) is 5.04. The monoisotopic (exact) mass is 429 g/mol. The van der Waals surface area contributed by atoms with Crippen molar-refractivity contribution in [3.8, 4) is 0 Å². The molecular weight excluding hydrogens is 394 g/mol. The summed E-state index contributed by atoms with van der Waals surface area (Å²) in [7, 11) is 0. The molecule has 7 nitrogen and oxygen atoms in total. The van der Waals surface area contributed by atoms with Crippen LogP contribution in [-0.4, -0.2) is 52.6 Å². The predicted molar refractivity (Wildman–Crippen MR) is 119 cm³/mol. The number of hydrogen-bond donors (Lipinski definition) is 1. The summed E-state index contributed by atoms with van der Waals surface area (Å²) < 4.78 is 13.2. The van der Waals surface area contributed by atoms with Crippen LogP contribution in [0.3, 0.4) is 0 Å². The van der Waals surface area contributed by atoms with Gasteiger partial charge in [-0.2, -0.15) is 0 Å².